The molecule has 23 heavy (non-hydrogen) atoms. The number of carbonyl (C=O) groups is 1. The number of hydrogen-bond acceptors (Lipinski definition) is 6. The SMILES string of the molecule is CN(C)C(=O)c1ccc(-c2ccc3c(N)nc(N)nc3n2)cc1. The minimum Gasteiger partial charge on any atom is -0.383 e. The molecular formula is C16H16N6O. The molecule has 4 N–H and O–H groups in total. The van der Waals surface area contributed by atoms with Crippen LogP contribution in [0.15, 0.2) is 36.4 Å². The summed E-state index contributed by atoms with van der Waals surface area (Å²) in [6, 6.07) is 10.9. The van der Waals surface area contributed by atoms with Gasteiger partial charge in [0.2, 0.25) is 5.95 Å². The first-order valence-corrected chi connectivity index (χ1v) is 6.97. The molecule has 0 bridgehead atoms. The molecule has 2 aromatic heterocycles. The second kappa shape index (κ2) is 5.53. The first-order valence-electron chi connectivity index (χ1n) is 6.97. The van der Waals surface area contributed by atoms with Gasteiger partial charge in [-0.25, -0.2) is 4.98 Å². The molecule has 116 valence electrons. The fourth-order valence-electron chi connectivity index (χ4n) is 2.25. The summed E-state index contributed by atoms with van der Waals surface area (Å²) in [7, 11) is 3.44. The monoisotopic (exact) mass is 308 g/mol. The Hall–Kier alpha value is -3.22. The lowest BCUT2D eigenvalue weighted by Gasteiger charge is -2.10. The number of benzene rings is 1. The second-order valence-corrected chi connectivity index (χ2v) is 5.31. The minimum absolute atomic E-state index is 0.0451. The van der Waals surface area contributed by atoms with Crippen LogP contribution in [-0.2, 0) is 0 Å². The Morgan fingerprint density at radius 1 is 0.957 bits per heavy atom. The van der Waals surface area contributed by atoms with Crippen molar-refractivity contribution in [1.29, 1.82) is 0 Å². The highest BCUT2D eigenvalue weighted by Gasteiger charge is 2.10. The predicted molar refractivity (Wildman–Crippen MR) is 89.6 cm³/mol. The average molecular weight is 308 g/mol. The molecule has 1 aromatic carbocycles. The van der Waals surface area contributed by atoms with Crippen molar-refractivity contribution in [1.82, 2.24) is 19.9 Å². The first-order chi connectivity index (χ1) is 11.0. The van der Waals surface area contributed by atoms with E-state index in [1.165, 1.54) is 4.90 Å². The van der Waals surface area contributed by atoms with Crippen LogP contribution < -0.4 is 11.5 Å². The lowest BCUT2D eigenvalue weighted by Crippen LogP contribution is -2.21. The molecular weight excluding hydrogens is 292 g/mol. The van der Waals surface area contributed by atoms with Gasteiger partial charge in [0.25, 0.3) is 5.91 Å². The normalized spacial score (nSPS) is 10.7. The minimum atomic E-state index is -0.0451. The topological polar surface area (TPSA) is 111 Å². The molecule has 0 aliphatic rings. The van der Waals surface area contributed by atoms with Crippen molar-refractivity contribution < 1.29 is 4.79 Å². The van der Waals surface area contributed by atoms with Crippen molar-refractivity contribution >= 4 is 28.7 Å². The number of carbonyl (C=O) groups excluding carboxylic acids is 1. The van der Waals surface area contributed by atoms with Crippen molar-refractivity contribution in [2.75, 3.05) is 25.6 Å². The smallest absolute Gasteiger partial charge is 0.253 e. The van der Waals surface area contributed by atoms with Crippen LogP contribution in [0, 0.1) is 0 Å². The van der Waals surface area contributed by atoms with E-state index in [9.17, 15) is 4.79 Å². The zero-order chi connectivity index (χ0) is 16.6. The van der Waals surface area contributed by atoms with Crippen molar-refractivity contribution in [2.45, 2.75) is 0 Å². The Bertz CT molecular complexity index is 889. The van der Waals surface area contributed by atoms with Crippen LogP contribution in [0.5, 0.6) is 0 Å². The number of anilines is 2. The molecule has 0 unspecified atom stereocenters. The summed E-state index contributed by atoms with van der Waals surface area (Å²) in [5.41, 5.74) is 14.1. The van der Waals surface area contributed by atoms with Gasteiger partial charge in [0.15, 0.2) is 5.65 Å². The lowest BCUT2D eigenvalue weighted by atomic mass is 10.1. The maximum Gasteiger partial charge on any atom is 0.253 e. The molecule has 0 saturated carbocycles. The number of aromatic nitrogens is 3. The van der Waals surface area contributed by atoms with Crippen molar-refractivity contribution in [2.24, 2.45) is 0 Å². The molecule has 7 nitrogen and oxygen atoms in total. The van der Waals surface area contributed by atoms with E-state index in [4.69, 9.17) is 11.5 Å². The third-order valence-electron chi connectivity index (χ3n) is 3.44. The largest absolute Gasteiger partial charge is 0.383 e. The Morgan fingerprint density at radius 2 is 1.65 bits per heavy atom. The van der Waals surface area contributed by atoms with Crippen LogP contribution in [0.4, 0.5) is 11.8 Å². The van der Waals surface area contributed by atoms with E-state index in [0.29, 0.717) is 22.4 Å². The molecule has 0 radical (unpaired) electrons. The van der Waals surface area contributed by atoms with Gasteiger partial charge >= 0.3 is 0 Å². The second-order valence-electron chi connectivity index (χ2n) is 5.31. The zero-order valence-corrected chi connectivity index (χ0v) is 12.8. The van der Waals surface area contributed by atoms with Gasteiger partial charge in [0.1, 0.15) is 5.82 Å². The molecule has 0 aliphatic carbocycles. The molecule has 0 aliphatic heterocycles. The predicted octanol–water partition coefficient (Wildman–Crippen LogP) is 1.56. The summed E-state index contributed by atoms with van der Waals surface area (Å²) in [6.07, 6.45) is 0. The van der Waals surface area contributed by atoms with Gasteiger partial charge in [0, 0.05) is 25.2 Å². The van der Waals surface area contributed by atoms with Gasteiger partial charge in [-0.2, -0.15) is 9.97 Å². The Labute approximate surface area is 133 Å². The third-order valence-corrected chi connectivity index (χ3v) is 3.44. The number of nitrogens with two attached hydrogens (primary N) is 2. The van der Waals surface area contributed by atoms with Crippen LogP contribution in [0.25, 0.3) is 22.3 Å². The molecule has 0 spiro atoms. The number of fused-ring (bicyclic) bond motifs is 1. The number of nitrogen functional groups attached to an aromatic ring is 2. The van der Waals surface area contributed by atoms with Crippen molar-refractivity contribution in [3.63, 3.8) is 0 Å². The maximum absolute atomic E-state index is 11.9. The van der Waals surface area contributed by atoms with Crippen LogP contribution in [-0.4, -0.2) is 39.9 Å². The fraction of sp³-hybridized carbons (Fsp3) is 0.125. The van der Waals surface area contributed by atoms with Gasteiger partial charge in [-0.05, 0) is 24.3 Å². The van der Waals surface area contributed by atoms with Crippen LogP contribution in [0.2, 0.25) is 0 Å². The summed E-state index contributed by atoms with van der Waals surface area (Å²) >= 11 is 0. The molecule has 3 rings (SSSR count). The van der Waals surface area contributed by atoms with Crippen LogP contribution in [0.1, 0.15) is 10.4 Å². The highest BCUT2D eigenvalue weighted by molar-refractivity contribution is 5.94. The summed E-state index contributed by atoms with van der Waals surface area (Å²) in [4.78, 5) is 25.9. The molecule has 0 atom stereocenters. The van der Waals surface area contributed by atoms with E-state index in [-0.39, 0.29) is 11.9 Å². The van der Waals surface area contributed by atoms with Gasteiger partial charge < -0.3 is 16.4 Å². The van der Waals surface area contributed by atoms with E-state index >= 15 is 0 Å². The summed E-state index contributed by atoms with van der Waals surface area (Å²) in [5, 5.41) is 0.655. The number of nitrogens with zero attached hydrogens (tertiary/aromatic N) is 4. The number of amides is 1. The van der Waals surface area contributed by atoms with Gasteiger partial charge in [-0.15, -0.1) is 0 Å². The maximum atomic E-state index is 11.9. The summed E-state index contributed by atoms with van der Waals surface area (Å²) in [6.45, 7) is 0. The average Bonchev–Trinajstić information content (AvgIpc) is 2.53. The Morgan fingerprint density at radius 3 is 2.30 bits per heavy atom. The quantitative estimate of drug-likeness (QED) is 0.743. The van der Waals surface area contributed by atoms with Gasteiger partial charge in [0.05, 0.1) is 11.1 Å². The number of rotatable bonds is 2. The standard InChI is InChI=1S/C16H16N6O/c1-22(2)15(23)10-5-3-9(4-6-10)12-8-7-11-13(17)20-16(18)21-14(11)19-12/h3-8H,1-2H3,(H4,17,18,19,20,21). The van der Waals surface area contributed by atoms with E-state index in [1.54, 1.807) is 26.2 Å². The van der Waals surface area contributed by atoms with Crippen LogP contribution >= 0.6 is 0 Å². The highest BCUT2D eigenvalue weighted by atomic mass is 16.2. The fourth-order valence-corrected chi connectivity index (χ4v) is 2.25. The molecule has 3 aromatic rings. The van der Waals surface area contributed by atoms with E-state index in [1.807, 2.05) is 24.3 Å². The third kappa shape index (κ3) is 2.76. The Balaban J connectivity index is 2.01. The first kappa shape index (κ1) is 14.7. The summed E-state index contributed by atoms with van der Waals surface area (Å²) < 4.78 is 0. The highest BCUT2D eigenvalue weighted by Crippen LogP contribution is 2.23. The lowest BCUT2D eigenvalue weighted by molar-refractivity contribution is 0.0827. The molecule has 0 fully saturated rings. The van der Waals surface area contributed by atoms with Crippen molar-refractivity contribution in [3.05, 3.63) is 42.0 Å². The number of pyridine rings is 1. The van der Waals surface area contributed by atoms with E-state index in [0.717, 1.165) is 11.3 Å². The van der Waals surface area contributed by atoms with Gasteiger partial charge in [-0.3, -0.25) is 4.79 Å². The van der Waals surface area contributed by atoms with Gasteiger partial charge in [-0.1, -0.05) is 12.1 Å². The van der Waals surface area contributed by atoms with E-state index < -0.39 is 0 Å². The van der Waals surface area contributed by atoms with Crippen LogP contribution in [0.3, 0.4) is 0 Å². The number of hydrogen-bond donors (Lipinski definition) is 2. The Kier molecular flexibility index (Phi) is 3.53. The summed E-state index contributed by atoms with van der Waals surface area (Å²) in [5.74, 6) is 0.348. The molecule has 7 heteroatoms. The van der Waals surface area contributed by atoms with Crippen molar-refractivity contribution in [3.8, 4) is 11.3 Å². The van der Waals surface area contributed by atoms with E-state index in [2.05, 4.69) is 15.0 Å². The zero-order valence-electron chi connectivity index (χ0n) is 12.8. The molecule has 1 amide bonds. The molecule has 0 saturated heterocycles. The molecule has 2 heterocycles.